The second-order valence-electron chi connectivity index (χ2n) is 7.26. The molecule has 0 fully saturated rings. The Bertz CT molecular complexity index is 1300. The normalized spacial score (nSPS) is 12.5. The van der Waals surface area contributed by atoms with Crippen molar-refractivity contribution in [2.24, 2.45) is 0 Å². The Hall–Kier alpha value is -2.43. The number of halogens is 5. The van der Waals surface area contributed by atoms with E-state index in [1.807, 2.05) is 0 Å². The summed E-state index contributed by atoms with van der Waals surface area (Å²) >= 11 is 6.33. The summed E-state index contributed by atoms with van der Waals surface area (Å²) in [4.78, 5) is 13.2. The van der Waals surface area contributed by atoms with Crippen LogP contribution in [0.2, 0.25) is 5.02 Å². The van der Waals surface area contributed by atoms with Gasteiger partial charge in [0.1, 0.15) is 5.82 Å². The molecular formula is C21H19ClF4N2O3S. The molecular weight excluding hydrogens is 472 g/mol. The molecule has 0 amide bonds. The van der Waals surface area contributed by atoms with Crippen molar-refractivity contribution in [2.75, 3.05) is 12.8 Å². The smallest absolute Gasteiger partial charge is 0.343 e. The maximum atomic E-state index is 14.6. The van der Waals surface area contributed by atoms with Crippen LogP contribution in [0.15, 0.2) is 36.4 Å². The van der Waals surface area contributed by atoms with Crippen molar-refractivity contribution in [1.82, 2.24) is 9.29 Å². The van der Waals surface area contributed by atoms with Crippen molar-refractivity contribution < 1.29 is 30.8 Å². The lowest BCUT2D eigenvalue weighted by Gasteiger charge is -2.11. The first-order valence-corrected chi connectivity index (χ1v) is 11.7. The van der Waals surface area contributed by atoms with Crippen LogP contribution in [0, 0.1) is 12.7 Å². The fraction of sp³-hybridized carbons (Fsp3) is 0.286. The molecule has 11 heteroatoms. The highest BCUT2D eigenvalue weighted by atomic mass is 35.5. The van der Waals surface area contributed by atoms with Gasteiger partial charge in [-0.05, 0) is 31.5 Å². The Kier molecular flexibility index (Phi) is 6.69. The van der Waals surface area contributed by atoms with Gasteiger partial charge in [0.05, 0.1) is 33.5 Å². The van der Waals surface area contributed by atoms with Gasteiger partial charge in [-0.2, -0.15) is 13.2 Å². The fourth-order valence-electron chi connectivity index (χ4n) is 3.61. The second kappa shape index (κ2) is 8.84. The Morgan fingerprint density at radius 1 is 1.16 bits per heavy atom. The summed E-state index contributed by atoms with van der Waals surface area (Å²) in [6.07, 6.45) is -3.56. The lowest BCUT2D eigenvalue weighted by Crippen LogP contribution is -2.24. The van der Waals surface area contributed by atoms with Gasteiger partial charge in [-0.1, -0.05) is 29.8 Å². The number of aromatic nitrogens is 1. The molecule has 32 heavy (non-hydrogen) atoms. The molecule has 0 bridgehead atoms. The zero-order valence-electron chi connectivity index (χ0n) is 17.1. The largest absolute Gasteiger partial charge is 0.419 e. The molecule has 1 N–H and O–H groups in total. The van der Waals surface area contributed by atoms with Gasteiger partial charge in [0.2, 0.25) is 10.0 Å². The van der Waals surface area contributed by atoms with E-state index in [0.29, 0.717) is 34.1 Å². The van der Waals surface area contributed by atoms with Crippen molar-refractivity contribution in [1.29, 1.82) is 0 Å². The molecule has 2 aromatic carbocycles. The number of carbonyl (C=O) groups is 1. The minimum Gasteiger partial charge on any atom is -0.343 e. The lowest BCUT2D eigenvalue weighted by atomic mass is 9.98. The Balaban J connectivity index is 2.09. The summed E-state index contributed by atoms with van der Waals surface area (Å²) in [5.41, 5.74) is -1.33. The number of hydrogen-bond acceptors (Lipinski definition) is 3. The van der Waals surface area contributed by atoms with Crippen LogP contribution in [-0.2, 0) is 22.7 Å². The molecule has 3 aromatic rings. The summed E-state index contributed by atoms with van der Waals surface area (Å²) in [6, 6.07) is 7.33. The molecule has 0 aliphatic heterocycles. The number of alkyl halides is 3. The molecule has 0 aliphatic carbocycles. The highest BCUT2D eigenvalue weighted by Gasteiger charge is 2.36. The average Bonchev–Trinajstić information content (AvgIpc) is 2.96. The predicted octanol–water partition coefficient (Wildman–Crippen LogP) is 4.93. The van der Waals surface area contributed by atoms with Crippen LogP contribution in [0.1, 0.15) is 33.6 Å². The molecule has 0 atom stereocenters. The number of carbonyl (C=O) groups excluding carboxylic acids is 1. The predicted molar refractivity (Wildman–Crippen MR) is 114 cm³/mol. The number of fused-ring (bicyclic) bond motifs is 1. The third-order valence-corrected chi connectivity index (χ3v) is 6.02. The molecule has 5 nitrogen and oxygen atoms in total. The first-order chi connectivity index (χ1) is 14.8. The van der Waals surface area contributed by atoms with E-state index in [1.54, 1.807) is 29.7 Å². The lowest BCUT2D eigenvalue weighted by molar-refractivity contribution is -0.140. The topological polar surface area (TPSA) is 68.2 Å². The number of benzene rings is 2. The van der Waals surface area contributed by atoms with Gasteiger partial charge < -0.3 is 4.57 Å². The number of rotatable bonds is 7. The fourth-order valence-corrected chi connectivity index (χ4v) is 4.40. The highest BCUT2D eigenvalue weighted by Crippen LogP contribution is 2.36. The average molecular weight is 491 g/mol. The van der Waals surface area contributed by atoms with E-state index >= 15 is 0 Å². The zero-order chi connectivity index (χ0) is 23.8. The van der Waals surface area contributed by atoms with Crippen molar-refractivity contribution in [3.8, 4) is 0 Å². The molecule has 0 saturated carbocycles. The molecule has 1 heterocycles. The van der Waals surface area contributed by atoms with Gasteiger partial charge >= 0.3 is 6.18 Å². The maximum absolute atomic E-state index is 14.6. The van der Waals surface area contributed by atoms with Gasteiger partial charge in [-0.25, -0.2) is 17.5 Å². The van der Waals surface area contributed by atoms with E-state index in [-0.39, 0.29) is 18.7 Å². The quantitative estimate of drug-likeness (QED) is 0.290. The van der Waals surface area contributed by atoms with Crippen molar-refractivity contribution in [3.05, 3.63) is 69.6 Å². The van der Waals surface area contributed by atoms with Crippen molar-refractivity contribution in [3.63, 3.8) is 0 Å². The molecule has 3 rings (SSSR count). The highest BCUT2D eigenvalue weighted by molar-refractivity contribution is 7.88. The Labute approximate surface area is 187 Å². The number of para-hydroxylation sites is 1. The van der Waals surface area contributed by atoms with E-state index in [0.717, 1.165) is 18.4 Å². The summed E-state index contributed by atoms with van der Waals surface area (Å²) in [5, 5.41) is 0.665. The molecule has 0 spiro atoms. The third-order valence-electron chi connectivity index (χ3n) is 4.99. The molecule has 0 saturated heterocycles. The first kappa shape index (κ1) is 24.2. The van der Waals surface area contributed by atoms with Crippen LogP contribution < -0.4 is 4.72 Å². The van der Waals surface area contributed by atoms with E-state index in [1.165, 1.54) is 0 Å². The van der Waals surface area contributed by atoms with E-state index < -0.39 is 38.9 Å². The van der Waals surface area contributed by atoms with E-state index in [9.17, 15) is 30.8 Å². The summed E-state index contributed by atoms with van der Waals surface area (Å²) in [7, 11) is -3.38. The van der Waals surface area contributed by atoms with E-state index in [4.69, 9.17) is 11.6 Å². The molecule has 0 radical (unpaired) electrons. The monoisotopic (exact) mass is 490 g/mol. The van der Waals surface area contributed by atoms with Gasteiger partial charge in [-0.3, -0.25) is 4.79 Å². The van der Waals surface area contributed by atoms with Crippen molar-refractivity contribution in [2.45, 2.75) is 26.1 Å². The Morgan fingerprint density at radius 3 is 2.44 bits per heavy atom. The zero-order valence-corrected chi connectivity index (χ0v) is 18.6. The third kappa shape index (κ3) is 4.82. The number of nitrogens with zero attached hydrogens (tertiary/aromatic N) is 1. The van der Waals surface area contributed by atoms with Gasteiger partial charge in [0.25, 0.3) is 0 Å². The van der Waals surface area contributed by atoms with Gasteiger partial charge in [0.15, 0.2) is 5.78 Å². The molecule has 0 unspecified atom stereocenters. The minimum absolute atomic E-state index is 0.0387. The van der Waals surface area contributed by atoms with Crippen LogP contribution in [0.5, 0.6) is 0 Å². The number of sulfonamides is 1. The van der Waals surface area contributed by atoms with Crippen LogP contribution in [-0.4, -0.2) is 31.6 Å². The van der Waals surface area contributed by atoms with Crippen LogP contribution >= 0.6 is 11.6 Å². The summed E-state index contributed by atoms with van der Waals surface area (Å²) < 4.78 is 80.6. The maximum Gasteiger partial charge on any atom is 0.419 e. The SMILES string of the molecule is Cc1c(C(=O)c2cccc(C(F)(F)F)c2F)c2cccc(Cl)c2n1CCCNS(C)(=O)=O. The first-order valence-electron chi connectivity index (χ1n) is 9.45. The van der Waals surface area contributed by atoms with Crippen molar-refractivity contribution >= 4 is 38.3 Å². The summed E-state index contributed by atoms with van der Waals surface area (Å²) in [5.74, 6) is -2.53. The van der Waals surface area contributed by atoms with Gasteiger partial charge in [-0.15, -0.1) is 0 Å². The Morgan fingerprint density at radius 2 is 1.81 bits per heavy atom. The van der Waals surface area contributed by atoms with Crippen LogP contribution in [0.4, 0.5) is 17.6 Å². The standard InChI is InChI=1S/C21H19ClF4N2O3S/c1-12-17(20(29)14-7-3-8-15(18(14)23)21(24,25)26)13-6-4-9-16(22)19(13)28(12)11-5-10-27-32(2,30)31/h3-4,6-9,27H,5,10-11H2,1-2H3. The van der Waals surface area contributed by atoms with E-state index in [2.05, 4.69) is 4.72 Å². The number of nitrogens with one attached hydrogen (secondary N) is 1. The number of aryl methyl sites for hydroxylation is 1. The summed E-state index contributed by atoms with van der Waals surface area (Å²) in [6.45, 7) is 1.99. The number of ketones is 1. The van der Waals surface area contributed by atoms with Crippen LogP contribution in [0.3, 0.4) is 0 Å². The molecule has 172 valence electrons. The van der Waals surface area contributed by atoms with Crippen LogP contribution in [0.25, 0.3) is 10.9 Å². The molecule has 0 aliphatic rings. The minimum atomic E-state index is -4.95. The van der Waals surface area contributed by atoms with Gasteiger partial charge in [0, 0.05) is 24.2 Å². The molecule has 1 aromatic heterocycles. The number of hydrogen-bond donors (Lipinski definition) is 1. The second-order valence-corrected chi connectivity index (χ2v) is 9.50.